The monoisotopic (exact) mass is 387 g/mol. The molecule has 0 bridgehead atoms. The molecular weight excluding hydrogens is 378 g/mol. The molecule has 0 aliphatic carbocycles. The van der Waals surface area contributed by atoms with Gasteiger partial charge in [0.1, 0.15) is 0 Å². The standard InChI is InChI=1S/C16H10ClN5OS2/c17-9-6-7-12-11(8-9)13(23)22(10-4-2-1-3-5-10)15(19-12)25-16-21-20-14(18)24-16/h1-8H,(H2,18,20). The molecule has 25 heavy (non-hydrogen) atoms. The molecule has 0 fully saturated rings. The second-order valence-electron chi connectivity index (χ2n) is 5.04. The van der Waals surface area contributed by atoms with Crippen molar-refractivity contribution in [3.63, 3.8) is 0 Å². The number of halogens is 1. The molecule has 2 aromatic heterocycles. The first-order valence-electron chi connectivity index (χ1n) is 7.16. The van der Waals surface area contributed by atoms with Gasteiger partial charge in [-0.3, -0.25) is 9.36 Å². The fourth-order valence-electron chi connectivity index (χ4n) is 2.35. The lowest BCUT2D eigenvalue weighted by atomic mass is 10.2. The van der Waals surface area contributed by atoms with E-state index in [4.69, 9.17) is 17.3 Å². The fraction of sp³-hybridized carbons (Fsp3) is 0. The van der Waals surface area contributed by atoms with Crippen molar-refractivity contribution in [2.24, 2.45) is 0 Å². The molecule has 0 atom stereocenters. The van der Waals surface area contributed by atoms with Gasteiger partial charge in [-0.15, -0.1) is 10.2 Å². The topological polar surface area (TPSA) is 86.7 Å². The second kappa shape index (κ2) is 6.47. The van der Waals surface area contributed by atoms with Gasteiger partial charge in [0.25, 0.3) is 5.56 Å². The third-order valence-electron chi connectivity index (χ3n) is 3.41. The number of rotatable bonds is 3. The largest absolute Gasteiger partial charge is 0.374 e. The minimum absolute atomic E-state index is 0.196. The normalized spacial score (nSPS) is 11.1. The van der Waals surface area contributed by atoms with Crippen molar-refractivity contribution in [2.45, 2.75) is 9.50 Å². The lowest BCUT2D eigenvalue weighted by molar-refractivity contribution is 0.818. The number of nitrogen functional groups attached to an aromatic ring is 1. The van der Waals surface area contributed by atoms with Crippen LogP contribution in [-0.4, -0.2) is 19.7 Å². The molecule has 0 saturated heterocycles. The molecule has 2 aromatic carbocycles. The molecule has 2 N–H and O–H groups in total. The molecule has 124 valence electrons. The third kappa shape index (κ3) is 3.11. The number of hydrogen-bond acceptors (Lipinski definition) is 7. The van der Waals surface area contributed by atoms with Crippen molar-refractivity contribution in [3.05, 3.63) is 63.9 Å². The summed E-state index contributed by atoms with van der Waals surface area (Å²) in [6, 6.07) is 14.4. The number of hydrogen-bond donors (Lipinski definition) is 1. The van der Waals surface area contributed by atoms with Crippen LogP contribution < -0.4 is 11.3 Å². The van der Waals surface area contributed by atoms with E-state index in [1.165, 1.54) is 23.1 Å². The van der Waals surface area contributed by atoms with E-state index in [0.29, 0.717) is 36.2 Å². The fourth-order valence-corrected chi connectivity index (χ4v) is 4.17. The zero-order valence-corrected chi connectivity index (χ0v) is 15.0. The Kier molecular flexibility index (Phi) is 4.16. The summed E-state index contributed by atoms with van der Waals surface area (Å²) in [5.41, 5.74) is 6.73. The van der Waals surface area contributed by atoms with Crippen molar-refractivity contribution in [3.8, 4) is 5.69 Å². The van der Waals surface area contributed by atoms with E-state index in [9.17, 15) is 4.79 Å². The summed E-state index contributed by atoms with van der Waals surface area (Å²) in [6.07, 6.45) is 0. The maximum Gasteiger partial charge on any atom is 0.266 e. The van der Waals surface area contributed by atoms with Crippen LogP contribution in [-0.2, 0) is 0 Å². The molecule has 0 unspecified atom stereocenters. The highest BCUT2D eigenvalue weighted by Crippen LogP contribution is 2.31. The van der Waals surface area contributed by atoms with Crippen molar-refractivity contribution >= 4 is 50.7 Å². The highest BCUT2D eigenvalue weighted by molar-refractivity contribution is 8.00. The number of para-hydroxylation sites is 1. The number of benzene rings is 2. The molecule has 0 amide bonds. The molecule has 0 aliphatic rings. The molecule has 9 heteroatoms. The van der Waals surface area contributed by atoms with E-state index in [1.807, 2.05) is 30.3 Å². The summed E-state index contributed by atoms with van der Waals surface area (Å²) in [7, 11) is 0. The molecule has 0 aliphatic heterocycles. The highest BCUT2D eigenvalue weighted by Gasteiger charge is 2.16. The van der Waals surface area contributed by atoms with E-state index < -0.39 is 0 Å². The Morgan fingerprint density at radius 3 is 2.64 bits per heavy atom. The van der Waals surface area contributed by atoms with Gasteiger partial charge < -0.3 is 5.73 Å². The quantitative estimate of drug-likeness (QED) is 0.540. The van der Waals surface area contributed by atoms with Crippen LogP contribution in [0.3, 0.4) is 0 Å². The Morgan fingerprint density at radius 2 is 1.92 bits per heavy atom. The van der Waals surface area contributed by atoms with Gasteiger partial charge in [-0.2, -0.15) is 0 Å². The number of nitrogens with two attached hydrogens (primary N) is 1. The van der Waals surface area contributed by atoms with Crippen LogP contribution in [0.4, 0.5) is 5.13 Å². The van der Waals surface area contributed by atoms with Gasteiger partial charge >= 0.3 is 0 Å². The third-order valence-corrected chi connectivity index (χ3v) is 5.41. The first-order valence-corrected chi connectivity index (χ1v) is 9.17. The average Bonchev–Trinajstić information content (AvgIpc) is 3.01. The average molecular weight is 388 g/mol. The zero-order chi connectivity index (χ0) is 17.4. The molecule has 2 heterocycles. The van der Waals surface area contributed by atoms with Crippen LogP contribution in [0.1, 0.15) is 0 Å². The second-order valence-corrected chi connectivity index (χ2v) is 7.70. The number of anilines is 1. The van der Waals surface area contributed by atoms with Gasteiger partial charge in [0.2, 0.25) is 5.13 Å². The van der Waals surface area contributed by atoms with Crippen molar-refractivity contribution in [1.29, 1.82) is 0 Å². The first-order chi connectivity index (χ1) is 12.1. The van der Waals surface area contributed by atoms with Crippen LogP contribution in [0.25, 0.3) is 16.6 Å². The molecule has 6 nitrogen and oxygen atoms in total. The van der Waals surface area contributed by atoms with E-state index in [0.717, 1.165) is 0 Å². The van der Waals surface area contributed by atoms with E-state index >= 15 is 0 Å². The smallest absolute Gasteiger partial charge is 0.266 e. The minimum Gasteiger partial charge on any atom is -0.374 e. The van der Waals surface area contributed by atoms with E-state index in [1.54, 1.807) is 22.8 Å². The van der Waals surface area contributed by atoms with Crippen molar-refractivity contribution in [1.82, 2.24) is 19.7 Å². The maximum absolute atomic E-state index is 13.1. The summed E-state index contributed by atoms with van der Waals surface area (Å²) in [4.78, 5) is 17.7. The van der Waals surface area contributed by atoms with Crippen LogP contribution in [0.5, 0.6) is 0 Å². The predicted octanol–water partition coefficient (Wildman–Crippen LogP) is 3.62. The summed E-state index contributed by atoms with van der Waals surface area (Å²) in [5, 5.41) is 9.60. The first kappa shape index (κ1) is 16.1. The predicted molar refractivity (Wildman–Crippen MR) is 101 cm³/mol. The summed E-state index contributed by atoms with van der Waals surface area (Å²) < 4.78 is 2.16. The summed E-state index contributed by atoms with van der Waals surface area (Å²) in [5.74, 6) is 0. The van der Waals surface area contributed by atoms with Crippen molar-refractivity contribution in [2.75, 3.05) is 5.73 Å². The van der Waals surface area contributed by atoms with Gasteiger partial charge in [-0.05, 0) is 42.1 Å². The molecule has 0 saturated carbocycles. The number of fused-ring (bicyclic) bond motifs is 1. The van der Waals surface area contributed by atoms with Crippen LogP contribution in [0, 0.1) is 0 Å². The van der Waals surface area contributed by atoms with Gasteiger partial charge in [0, 0.05) is 5.02 Å². The molecule has 4 aromatic rings. The lowest BCUT2D eigenvalue weighted by Crippen LogP contribution is -2.21. The van der Waals surface area contributed by atoms with Crippen LogP contribution in [0.15, 0.2) is 62.8 Å². The van der Waals surface area contributed by atoms with Gasteiger partial charge in [-0.1, -0.05) is 41.1 Å². The molecule has 0 spiro atoms. The molecular formula is C16H10ClN5OS2. The maximum atomic E-state index is 13.1. The lowest BCUT2D eigenvalue weighted by Gasteiger charge is -2.12. The van der Waals surface area contributed by atoms with Gasteiger partial charge in [-0.25, -0.2) is 4.98 Å². The highest BCUT2D eigenvalue weighted by atomic mass is 35.5. The Balaban J connectivity index is 1.99. The minimum atomic E-state index is -0.196. The number of aromatic nitrogens is 4. The van der Waals surface area contributed by atoms with Crippen LogP contribution in [0.2, 0.25) is 5.02 Å². The summed E-state index contributed by atoms with van der Waals surface area (Å²) >= 11 is 8.54. The van der Waals surface area contributed by atoms with Crippen molar-refractivity contribution < 1.29 is 0 Å². The Hall–Kier alpha value is -2.42. The van der Waals surface area contributed by atoms with Crippen LogP contribution >= 0.6 is 34.7 Å². The molecule has 0 radical (unpaired) electrons. The summed E-state index contributed by atoms with van der Waals surface area (Å²) in [6.45, 7) is 0. The Labute approximate surface area is 155 Å². The van der Waals surface area contributed by atoms with E-state index in [-0.39, 0.29) is 5.56 Å². The molecule has 4 rings (SSSR count). The zero-order valence-electron chi connectivity index (χ0n) is 12.6. The Bertz CT molecular complexity index is 1130. The van der Waals surface area contributed by atoms with E-state index in [2.05, 4.69) is 15.2 Å². The van der Waals surface area contributed by atoms with Gasteiger partial charge in [0.05, 0.1) is 16.6 Å². The Morgan fingerprint density at radius 1 is 1.12 bits per heavy atom. The number of nitrogens with zero attached hydrogens (tertiary/aromatic N) is 4. The van der Waals surface area contributed by atoms with Gasteiger partial charge in [0.15, 0.2) is 9.50 Å². The SMILES string of the molecule is Nc1nnc(Sc2nc3ccc(Cl)cc3c(=O)n2-c2ccccc2)s1.